The van der Waals surface area contributed by atoms with E-state index < -0.39 is 29.6 Å². The van der Waals surface area contributed by atoms with Crippen molar-refractivity contribution in [3.63, 3.8) is 0 Å². The number of nitrogens with one attached hydrogen (secondary N) is 2. The normalized spacial score (nSPS) is 11.6. The van der Waals surface area contributed by atoms with E-state index in [4.69, 9.17) is 5.73 Å². The summed E-state index contributed by atoms with van der Waals surface area (Å²) in [7, 11) is 0. The Labute approximate surface area is 145 Å². The van der Waals surface area contributed by atoms with E-state index in [2.05, 4.69) is 26.6 Å². The second kappa shape index (κ2) is 7.87. The van der Waals surface area contributed by atoms with Gasteiger partial charge in [-0.25, -0.2) is 13.6 Å². The third-order valence-electron chi connectivity index (χ3n) is 3.12. The Bertz CT molecular complexity index is 733. The molecule has 5 nitrogen and oxygen atoms in total. The second-order valence-electron chi connectivity index (χ2n) is 5.02. The lowest BCUT2D eigenvalue weighted by Crippen LogP contribution is -2.35. The highest BCUT2D eigenvalue weighted by Gasteiger charge is 2.18. The Hall–Kier alpha value is -2.48. The maximum atomic E-state index is 13.1. The molecule has 8 heteroatoms. The van der Waals surface area contributed by atoms with E-state index in [1.807, 2.05) is 0 Å². The number of carbonyl (C=O) groups is 2. The van der Waals surface area contributed by atoms with Crippen LogP contribution in [0.1, 0.15) is 18.0 Å². The fourth-order valence-corrected chi connectivity index (χ4v) is 2.41. The van der Waals surface area contributed by atoms with Crippen LogP contribution in [0.5, 0.6) is 0 Å². The highest BCUT2D eigenvalue weighted by atomic mass is 79.9. The van der Waals surface area contributed by atoms with Crippen molar-refractivity contribution in [2.45, 2.75) is 12.5 Å². The van der Waals surface area contributed by atoms with Crippen LogP contribution in [0.25, 0.3) is 0 Å². The number of carbonyl (C=O) groups excluding carboxylic acids is 2. The Morgan fingerprint density at radius 2 is 1.67 bits per heavy atom. The molecular formula is C16H14BrF2N3O2. The monoisotopic (exact) mass is 397 g/mol. The SMILES string of the molecule is NC(=O)NC(CC(=O)Nc1cc(F)cc(F)c1)c1ccc(Br)cc1. The Morgan fingerprint density at radius 3 is 2.21 bits per heavy atom. The summed E-state index contributed by atoms with van der Waals surface area (Å²) in [5, 5.41) is 4.86. The minimum atomic E-state index is -0.801. The fourth-order valence-electron chi connectivity index (χ4n) is 2.14. The van der Waals surface area contributed by atoms with E-state index in [1.54, 1.807) is 24.3 Å². The summed E-state index contributed by atoms with van der Waals surface area (Å²) in [6.45, 7) is 0. The zero-order chi connectivity index (χ0) is 17.7. The van der Waals surface area contributed by atoms with E-state index >= 15 is 0 Å². The number of amides is 3. The van der Waals surface area contributed by atoms with Gasteiger partial charge >= 0.3 is 6.03 Å². The number of nitrogens with two attached hydrogens (primary N) is 1. The molecule has 0 saturated heterocycles. The van der Waals surface area contributed by atoms with Crippen LogP contribution in [0.4, 0.5) is 19.3 Å². The largest absolute Gasteiger partial charge is 0.352 e. The van der Waals surface area contributed by atoms with Crippen molar-refractivity contribution in [3.05, 3.63) is 64.1 Å². The predicted molar refractivity (Wildman–Crippen MR) is 89.2 cm³/mol. The second-order valence-corrected chi connectivity index (χ2v) is 5.94. The van der Waals surface area contributed by atoms with Crippen molar-refractivity contribution in [1.82, 2.24) is 5.32 Å². The number of halogens is 3. The summed E-state index contributed by atoms with van der Waals surface area (Å²) < 4.78 is 27.1. The molecule has 0 radical (unpaired) electrons. The summed E-state index contributed by atoms with van der Waals surface area (Å²) in [6.07, 6.45) is -0.150. The Morgan fingerprint density at radius 1 is 1.08 bits per heavy atom. The standard InChI is InChI=1S/C16H14BrF2N3O2/c17-10-3-1-9(2-4-10)14(22-16(20)24)8-15(23)21-13-6-11(18)5-12(19)7-13/h1-7,14H,8H2,(H,21,23)(H3,20,22,24). The first kappa shape index (κ1) is 17.9. The van der Waals surface area contributed by atoms with Crippen molar-refractivity contribution in [1.29, 1.82) is 0 Å². The van der Waals surface area contributed by atoms with Crippen molar-refractivity contribution in [2.75, 3.05) is 5.32 Å². The van der Waals surface area contributed by atoms with E-state index in [-0.39, 0.29) is 12.1 Å². The molecule has 4 N–H and O–H groups in total. The van der Waals surface area contributed by atoms with E-state index in [0.29, 0.717) is 11.6 Å². The van der Waals surface area contributed by atoms with Gasteiger partial charge in [-0.05, 0) is 29.8 Å². The number of primary amides is 1. The van der Waals surface area contributed by atoms with Gasteiger partial charge in [-0.3, -0.25) is 4.79 Å². The number of hydrogen-bond donors (Lipinski definition) is 3. The van der Waals surface area contributed by atoms with Gasteiger partial charge in [0.2, 0.25) is 5.91 Å². The lowest BCUT2D eigenvalue weighted by molar-refractivity contribution is -0.116. The quantitative estimate of drug-likeness (QED) is 0.721. The highest BCUT2D eigenvalue weighted by Crippen LogP contribution is 2.21. The number of anilines is 1. The van der Waals surface area contributed by atoms with Crippen LogP contribution in [0, 0.1) is 11.6 Å². The number of rotatable bonds is 5. The first-order chi connectivity index (χ1) is 11.3. The minimum Gasteiger partial charge on any atom is -0.352 e. The predicted octanol–water partition coefficient (Wildman–Crippen LogP) is 3.47. The van der Waals surface area contributed by atoms with Gasteiger partial charge in [-0.1, -0.05) is 28.1 Å². The molecule has 2 aromatic rings. The van der Waals surface area contributed by atoms with Crippen LogP contribution in [0.15, 0.2) is 46.9 Å². The number of benzene rings is 2. The molecule has 0 aliphatic carbocycles. The summed E-state index contributed by atoms with van der Waals surface area (Å²) >= 11 is 3.29. The average Bonchev–Trinajstić information content (AvgIpc) is 2.45. The van der Waals surface area contributed by atoms with Crippen molar-refractivity contribution in [2.24, 2.45) is 5.73 Å². The molecule has 3 amide bonds. The zero-order valence-electron chi connectivity index (χ0n) is 12.4. The average molecular weight is 398 g/mol. The molecule has 1 unspecified atom stereocenters. The number of urea groups is 1. The third-order valence-corrected chi connectivity index (χ3v) is 3.65. The van der Waals surface area contributed by atoms with Gasteiger partial charge in [0.05, 0.1) is 12.5 Å². The lowest BCUT2D eigenvalue weighted by atomic mass is 10.0. The van der Waals surface area contributed by atoms with Crippen molar-refractivity contribution < 1.29 is 18.4 Å². The van der Waals surface area contributed by atoms with Gasteiger partial charge in [0.15, 0.2) is 0 Å². The van der Waals surface area contributed by atoms with Crippen LogP contribution in [0.3, 0.4) is 0 Å². The molecule has 0 heterocycles. The van der Waals surface area contributed by atoms with Gasteiger partial charge < -0.3 is 16.4 Å². The van der Waals surface area contributed by atoms with Crippen LogP contribution in [-0.4, -0.2) is 11.9 Å². The van der Waals surface area contributed by atoms with Gasteiger partial charge in [0.1, 0.15) is 11.6 Å². The maximum absolute atomic E-state index is 13.1. The van der Waals surface area contributed by atoms with Crippen LogP contribution >= 0.6 is 15.9 Å². The van der Waals surface area contributed by atoms with Crippen LogP contribution in [-0.2, 0) is 4.79 Å². The molecule has 126 valence electrons. The first-order valence-corrected chi connectivity index (χ1v) is 7.70. The molecule has 1 atom stereocenters. The minimum absolute atomic E-state index is 0.00821. The molecule has 0 saturated carbocycles. The smallest absolute Gasteiger partial charge is 0.312 e. The molecule has 0 aromatic heterocycles. The molecule has 24 heavy (non-hydrogen) atoms. The van der Waals surface area contributed by atoms with E-state index in [9.17, 15) is 18.4 Å². The molecule has 0 aliphatic heterocycles. The third kappa shape index (κ3) is 5.31. The van der Waals surface area contributed by atoms with Gasteiger partial charge in [-0.15, -0.1) is 0 Å². The Balaban J connectivity index is 2.11. The molecule has 0 bridgehead atoms. The maximum Gasteiger partial charge on any atom is 0.312 e. The van der Waals surface area contributed by atoms with Gasteiger partial charge in [-0.2, -0.15) is 0 Å². The number of hydrogen-bond acceptors (Lipinski definition) is 2. The van der Waals surface area contributed by atoms with Crippen molar-refractivity contribution >= 4 is 33.6 Å². The van der Waals surface area contributed by atoms with E-state index in [0.717, 1.165) is 16.6 Å². The first-order valence-electron chi connectivity index (χ1n) is 6.91. The summed E-state index contributed by atoms with van der Waals surface area (Å²) in [4.78, 5) is 23.3. The van der Waals surface area contributed by atoms with Gasteiger partial charge in [0, 0.05) is 16.2 Å². The zero-order valence-corrected chi connectivity index (χ0v) is 13.9. The topological polar surface area (TPSA) is 84.2 Å². The molecule has 2 rings (SSSR count). The summed E-state index contributed by atoms with van der Waals surface area (Å²) in [5.41, 5.74) is 5.79. The Kier molecular flexibility index (Phi) is 5.86. The fraction of sp³-hybridized carbons (Fsp3) is 0.125. The molecule has 0 fully saturated rings. The summed E-state index contributed by atoms with van der Waals surface area (Å²) in [5.74, 6) is -2.13. The molecular weight excluding hydrogens is 384 g/mol. The highest BCUT2D eigenvalue weighted by molar-refractivity contribution is 9.10. The molecule has 0 aliphatic rings. The summed E-state index contributed by atoms with van der Waals surface area (Å²) in [6, 6.07) is 8.19. The molecule has 0 spiro atoms. The molecule has 2 aromatic carbocycles. The van der Waals surface area contributed by atoms with Crippen LogP contribution in [0.2, 0.25) is 0 Å². The van der Waals surface area contributed by atoms with E-state index in [1.165, 1.54) is 0 Å². The lowest BCUT2D eigenvalue weighted by Gasteiger charge is -2.18. The van der Waals surface area contributed by atoms with Gasteiger partial charge in [0.25, 0.3) is 0 Å². The van der Waals surface area contributed by atoms with Crippen LogP contribution < -0.4 is 16.4 Å². The van der Waals surface area contributed by atoms with Crippen molar-refractivity contribution in [3.8, 4) is 0 Å².